The molecular weight excluding hydrogens is 222 g/mol. The Kier molecular flexibility index (Phi) is 8.29. The number of carbonyl (C=O) groups excluding carboxylic acids is 2. The maximum absolute atomic E-state index is 11.9. The highest BCUT2D eigenvalue weighted by Gasteiger charge is 2.20. The minimum absolute atomic E-state index is 0.127. The Bertz CT molecular complexity index is 241. The van der Waals surface area contributed by atoms with Crippen LogP contribution in [0.5, 0.6) is 0 Å². The number of nitrogens with one attached hydrogen (secondary N) is 1. The summed E-state index contributed by atoms with van der Waals surface area (Å²) in [5, 5.41) is 2.48. The van der Waals surface area contributed by atoms with Gasteiger partial charge in [-0.25, -0.2) is 0 Å². The van der Waals surface area contributed by atoms with E-state index in [1.54, 1.807) is 7.05 Å². The summed E-state index contributed by atoms with van der Waals surface area (Å²) in [6, 6.07) is -0.676. The van der Waals surface area contributed by atoms with E-state index in [0.29, 0.717) is 32.6 Å². The van der Waals surface area contributed by atoms with Gasteiger partial charge in [0.15, 0.2) is 0 Å². The van der Waals surface area contributed by atoms with Gasteiger partial charge in [0.1, 0.15) is 0 Å². The normalized spacial score (nSPS) is 12.0. The molecule has 0 rings (SSSR count). The van der Waals surface area contributed by atoms with Gasteiger partial charge in [-0.15, -0.1) is 0 Å². The molecule has 0 aromatic heterocycles. The molecule has 0 spiro atoms. The molecule has 1 unspecified atom stereocenters. The van der Waals surface area contributed by atoms with Crippen LogP contribution in [0, 0.1) is 0 Å². The SMILES string of the molecule is CNC(=O)CCC(N)C(=O)N(CCN)CCN. The van der Waals surface area contributed by atoms with E-state index in [-0.39, 0.29) is 18.2 Å². The largest absolute Gasteiger partial charge is 0.359 e. The van der Waals surface area contributed by atoms with Gasteiger partial charge in [-0.3, -0.25) is 9.59 Å². The molecule has 0 radical (unpaired) electrons. The van der Waals surface area contributed by atoms with Crippen LogP contribution in [0.4, 0.5) is 0 Å². The molecule has 0 aliphatic heterocycles. The van der Waals surface area contributed by atoms with Crippen LogP contribution in [0.1, 0.15) is 12.8 Å². The molecule has 7 heteroatoms. The Morgan fingerprint density at radius 2 is 1.76 bits per heavy atom. The maximum atomic E-state index is 11.9. The summed E-state index contributed by atoms with van der Waals surface area (Å²) in [6.07, 6.45) is 0.562. The van der Waals surface area contributed by atoms with E-state index in [0.717, 1.165) is 0 Å². The molecule has 0 heterocycles. The predicted octanol–water partition coefficient (Wildman–Crippen LogP) is -2.41. The lowest BCUT2D eigenvalue weighted by atomic mass is 10.1. The minimum Gasteiger partial charge on any atom is -0.359 e. The van der Waals surface area contributed by atoms with Crippen molar-refractivity contribution in [3.63, 3.8) is 0 Å². The summed E-state index contributed by atoms with van der Waals surface area (Å²) >= 11 is 0. The van der Waals surface area contributed by atoms with E-state index in [9.17, 15) is 9.59 Å². The molecule has 17 heavy (non-hydrogen) atoms. The second-order valence-electron chi connectivity index (χ2n) is 3.72. The van der Waals surface area contributed by atoms with Gasteiger partial charge < -0.3 is 27.4 Å². The Morgan fingerprint density at radius 3 is 2.18 bits per heavy atom. The van der Waals surface area contributed by atoms with Crippen LogP contribution in [-0.4, -0.2) is 56.0 Å². The Labute approximate surface area is 102 Å². The van der Waals surface area contributed by atoms with Crippen molar-refractivity contribution in [3.8, 4) is 0 Å². The van der Waals surface area contributed by atoms with Crippen molar-refractivity contribution in [1.29, 1.82) is 0 Å². The van der Waals surface area contributed by atoms with E-state index in [4.69, 9.17) is 17.2 Å². The zero-order chi connectivity index (χ0) is 13.3. The zero-order valence-electron chi connectivity index (χ0n) is 10.3. The average molecular weight is 245 g/mol. The number of carbonyl (C=O) groups is 2. The van der Waals surface area contributed by atoms with Gasteiger partial charge in [0.05, 0.1) is 6.04 Å². The molecule has 0 fully saturated rings. The summed E-state index contributed by atoms with van der Waals surface area (Å²) in [5.41, 5.74) is 16.5. The molecule has 0 bridgehead atoms. The third-order valence-electron chi connectivity index (χ3n) is 2.39. The Morgan fingerprint density at radius 1 is 1.24 bits per heavy atom. The fourth-order valence-corrected chi connectivity index (χ4v) is 1.41. The summed E-state index contributed by atoms with van der Waals surface area (Å²) in [5.74, 6) is -0.331. The highest BCUT2D eigenvalue weighted by Crippen LogP contribution is 2.00. The number of hydrogen-bond donors (Lipinski definition) is 4. The quantitative estimate of drug-likeness (QED) is 0.378. The number of amides is 2. The smallest absolute Gasteiger partial charge is 0.239 e. The van der Waals surface area contributed by atoms with Gasteiger partial charge in [0.25, 0.3) is 0 Å². The molecule has 0 aromatic rings. The first-order chi connectivity index (χ1) is 8.06. The molecule has 2 amide bonds. The molecule has 7 nitrogen and oxygen atoms in total. The van der Waals surface area contributed by atoms with Crippen LogP contribution in [0.15, 0.2) is 0 Å². The first kappa shape index (κ1) is 15.8. The summed E-state index contributed by atoms with van der Waals surface area (Å²) in [7, 11) is 1.55. The lowest BCUT2D eigenvalue weighted by Gasteiger charge is -2.24. The van der Waals surface area contributed by atoms with Crippen molar-refractivity contribution >= 4 is 11.8 Å². The molecule has 0 saturated heterocycles. The van der Waals surface area contributed by atoms with E-state index in [1.165, 1.54) is 4.90 Å². The highest BCUT2D eigenvalue weighted by molar-refractivity contribution is 5.83. The molecule has 0 saturated carbocycles. The van der Waals surface area contributed by atoms with Crippen molar-refractivity contribution in [2.75, 3.05) is 33.2 Å². The van der Waals surface area contributed by atoms with Crippen LogP contribution in [0.3, 0.4) is 0 Å². The topological polar surface area (TPSA) is 127 Å². The van der Waals surface area contributed by atoms with E-state index >= 15 is 0 Å². The van der Waals surface area contributed by atoms with Crippen LogP contribution < -0.4 is 22.5 Å². The van der Waals surface area contributed by atoms with Crippen LogP contribution >= 0.6 is 0 Å². The summed E-state index contributed by atoms with van der Waals surface area (Å²) in [4.78, 5) is 24.4. The number of hydrogen-bond acceptors (Lipinski definition) is 5. The maximum Gasteiger partial charge on any atom is 0.239 e. The lowest BCUT2D eigenvalue weighted by molar-refractivity contribution is -0.132. The first-order valence-corrected chi connectivity index (χ1v) is 5.71. The van der Waals surface area contributed by atoms with Gasteiger partial charge >= 0.3 is 0 Å². The second kappa shape index (κ2) is 8.91. The van der Waals surface area contributed by atoms with Gasteiger partial charge in [0.2, 0.25) is 11.8 Å². The van der Waals surface area contributed by atoms with Gasteiger partial charge in [-0.05, 0) is 6.42 Å². The molecule has 0 aliphatic rings. The molecular formula is C10H23N5O2. The number of nitrogens with zero attached hydrogens (tertiary/aromatic N) is 1. The minimum atomic E-state index is -0.676. The van der Waals surface area contributed by atoms with Crippen LogP contribution in [-0.2, 0) is 9.59 Å². The van der Waals surface area contributed by atoms with Crippen molar-refractivity contribution < 1.29 is 9.59 Å². The molecule has 7 N–H and O–H groups in total. The molecule has 1 atom stereocenters. The summed E-state index contributed by atoms with van der Waals surface area (Å²) < 4.78 is 0. The fourth-order valence-electron chi connectivity index (χ4n) is 1.41. The first-order valence-electron chi connectivity index (χ1n) is 5.71. The predicted molar refractivity (Wildman–Crippen MR) is 66.0 cm³/mol. The highest BCUT2D eigenvalue weighted by atomic mass is 16.2. The van der Waals surface area contributed by atoms with E-state index in [2.05, 4.69) is 5.32 Å². The number of nitrogens with two attached hydrogens (primary N) is 3. The Balaban J connectivity index is 4.19. The molecule has 0 aromatic carbocycles. The number of rotatable bonds is 8. The third kappa shape index (κ3) is 6.20. The van der Waals surface area contributed by atoms with Crippen molar-refractivity contribution in [3.05, 3.63) is 0 Å². The Hall–Kier alpha value is -1.18. The van der Waals surface area contributed by atoms with Crippen molar-refractivity contribution in [2.45, 2.75) is 18.9 Å². The standard InChI is InChI=1S/C10H23N5O2/c1-14-9(16)3-2-8(13)10(17)15(6-4-11)7-5-12/h8H,2-7,11-13H2,1H3,(H,14,16). The van der Waals surface area contributed by atoms with Gasteiger partial charge in [-0.1, -0.05) is 0 Å². The van der Waals surface area contributed by atoms with E-state index in [1.807, 2.05) is 0 Å². The molecule has 100 valence electrons. The van der Waals surface area contributed by atoms with Gasteiger partial charge in [0, 0.05) is 39.6 Å². The van der Waals surface area contributed by atoms with Crippen LogP contribution in [0.2, 0.25) is 0 Å². The van der Waals surface area contributed by atoms with E-state index < -0.39 is 6.04 Å². The lowest BCUT2D eigenvalue weighted by Crippen LogP contribution is -2.47. The second-order valence-corrected chi connectivity index (χ2v) is 3.72. The summed E-state index contributed by atoms with van der Waals surface area (Å²) in [6.45, 7) is 1.61. The van der Waals surface area contributed by atoms with Crippen LogP contribution in [0.25, 0.3) is 0 Å². The fraction of sp³-hybridized carbons (Fsp3) is 0.800. The van der Waals surface area contributed by atoms with Crippen molar-refractivity contribution in [1.82, 2.24) is 10.2 Å². The zero-order valence-corrected chi connectivity index (χ0v) is 10.3. The monoisotopic (exact) mass is 245 g/mol. The third-order valence-corrected chi connectivity index (χ3v) is 2.39. The van der Waals surface area contributed by atoms with Crippen molar-refractivity contribution in [2.24, 2.45) is 17.2 Å². The average Bonchev–Trinajstić information content (AvgIpc) is 2.34. The molecule has 0 aliphatic carbocycles. The van der Waals surface area contributed by atoms with Gasteiger partial charge in [-0.2, -0.15) is 0 Å².